The third-order valence-electron chi connectivity index (χ3n) is 3.24. The summed E-state index contributed by atoms with van der Waals surface area (Å²) in [5.41, 5.74) is 3.73. The van der Waals surface area contributed by atoms with Crippen LogP contribution in [0.15, 0.2) is 47.4 Å². The molecule has 98 valence electrons. The molecule has 3 nitrogen and oxygen atoms in total. The van der Waals surface area contributed by atoms with Crippen LogP contribution >= 0.6 is 11.3 Å². The number of hydrogen-bond donors (Lipinski definition) is 1. The molecule has 0 spiro atoms. The Hall–Kier alpha value is -1.65. The van der Waals surface area contributed by atoms with Gasteiger partial charge in [-0.05, 0) is 47.5 Å². The Bertz CT molecular complexity index is 642. The van der Waals surface area contributed by atoms with Crippen LogP contribution in [0.2, 0.25) is 0 Å². The highest BCUT2D eigenvalue weighted by atomic mass is 32.1. The molecule has 0 saturated heterocycles. The molecule has 0 amide bonds. The zero-order valence-electron chi connectivity index (χ0n) is 10.9. The van der Waals surface area contributed by atoms with E-state index in [1.165, 1.54) is 16.6 Å². The maximum atomic E-state index is 4.44. The van der Waals surface area contributed by atoms with Gasteiger partial charge in [-0.3, -0.25) is 0 Å². The summed E-state index contributed by atoms with van der Waals surface area (Å²) < 4.78 is 1.93. The van der Waals surface area contributed by atoms with E-state index in [2.05, 4.69) is 46.3 Å². The maximum Gasteiger partial charge on any atom is 0.0712 e. The normalized spacial score (nSPS) is 12.9. The summed E-state index contributed by atoms with van der Waals surface area (Å²) >= 11 is 1.74. The molecule has 0 fully saturated rings. The highest BCUT2D eigenvalue weighted by Gasteiger charge is 2.17. The summed E-state index contributed by atoms with van der Waals surface area (Å²) in [6, 6.07) is 8.60. The Labute approximate surface area is 116 Å². The van der Waals surface area contributed by atoms with Gasteiger partial charge >= 0.3 is 0 Å². The number of nitrogens with zero attached hydrogens (tertiary/aromatic N) is 2. The summed E-state index contributed by atoms with van der Waals surface area (Å²) in [7, 11) is 0. The fourth-order valence-corrected chi connectivity index (χ4v) is 3.00. The molecule has 0 aliphatic heterocycles. The molecule has 3 aromatic heterocycles. The van der Waals surface area contributed by atoms with Crippen molar-refractivity contribution in [3.8, 4) is 0 Å². The van der Waals surface area contributed by atoms with Crippen molar-refractivity contribution in [2.45, 2.75) is 19.4 Å². The number of fused-ring (bicyclic) bond motifs is 1. The lowest BCUT2D eigenvalue weighted by atomic mass is 10.0. The fraction of sp³-hybridized carbons (Fsp3) is 0.267. The predicted octanol–water partition coefficient (Wildman–Crippen LogP) is 3.48. The Morgan fingerprint density at radius 3 is 3.11 bits per heavy atom. The number of pyridine rings is 1. The number of thiophene rings is 1. The van der Waals surface area contributed by atoms with Gasteiger partial charge in [-0.25, -0.2) is 4.52 Å². The van der Waals surface area contributed by atoms with Crippen LogP contribution in [0.1, 0.15) is 30.5 Å². The average Bonchev–Trinajstić information content (AvgIpc) is 3.09. The molecule has 3 rings (SSSR count). The van der Waals surface area contributed by atoms with Gasteiger partial charge in [0.15, 0.2) is 0 Å². The van der Waals surface area contributed by atoms with Crippen LogP contribution in [-0.4, -0.2) is 16.2 Å². The van der Waals surface area contributed by atoms with Crippen molar-refractivity contribution in [1.82, 2.24) is 14.9 Å². The molecule has 1 N–H and O–H groups in total. The molecule has 19 heavy (non-hydrogen) atoms. The minimum absolute atomic E-state index is 0.228. The van der Waals surface area contributed by atoms with E-state index in [4.69, 9.17) is 0 Å². The van der Waals surface area contributed by atoms with E-state index in [0.717, 1.165) is 13.0 Å². The van der Waals surface area contributed by atoms with Crippen molar-refractivity contribution in [2.75, 3.05) is 6.54 Å². The number of aromatic nitrogens is 2. The smallest absolute Gasteiger partial charge is 0.0712 e. The van der Waals surface area contributed by atoms with E-state index in [1.54, 1.807) is 11.3 Å². The first kappa shape index (κ1) is 12.4. The van der Waals surface area contributed by atoms with Crippen molar-refractivity contribution >= 4 is 16.9 Å². The van der Waals surface area contributed by atoms with Gasteiger partial charge < -0.3 is 5.32 Å². The zero-order valence-corrected chi connectivity index (χ0v) is 11.7. The Balaban J connectivity index is 2.03. The minimum Gasteiger partial charge on any atom is -0.306 e. The number of hydrogen-bond acceptors (Lipinski definition) is 3. The van der Waals surface area contributed by atoms with Crippen LogP contribution in [0.25, 0.3) is 5.52 Å². The third kappa shape index (κ3) is 2.41. The second kappa shape index (κ2) is 5.55. The molecular weight excluding hydrogens is 254 g/mol. The van der Waals surface area contributed by atoms with Crippen LogP contribution in [0.4, 0.5) is 0 Å². The van der Waals surface area contributed by atoms with Gasteiger partial charge in [0, 0.05) is 11.8 Å². The quantitative estimate of drug-likeness (QED) is 0.769. The first-order valence-corrected chi connectivity index (χ1v) is 7.52. The van der Waals surface area contributed by atoms with Gasteiger partial charge in [-0.1, -0.05) is 13.0 Å². The van der Waals surface area contributed by atoms with Crippen LogP contribution in [0, 0.1) is 0 Å². The van der Waals surface area contributed by atoms with Crippen LogP contribution in [0.3, 0.4) is 0 Å². The van der Waals surface area contributed by atoms with Crippen molar-refractivity contribution in [3.63, 3.8) is 0 Å². The Morgan fingerprint density at radius 1 is 1.37 bits per heavy atom. The second-order valence-corrected chi connectivity index (χ2v) is 5.35. The van der Waals surface area contributed by atoms with Gasteiger partial charge in [0.1, 0.15) is 0 Å². The molecule has 0 saturated carbocycles. The lowest BCUT2D eigenvalue weighted by Gasteiger charge is -2.16. The van der Waals surface area contributed by atoms with Crippen LogP contribution in [-0.2, 0) is 0 Å². The van der Waals surface area contributed by atoms with Crippen molar-refractivity contribution in [2.24, 2.45) is 0 Å². The van der Waals surface area contributed by atoms with Crippen LogP contribution in [0.5, 0.6) is 0 Å². The fourth-order valence-electron chi connectivity index (χ4n) is 2.31. The van der Waals surface area contributed by atoms with E-state index in [1.807, 2.05) is 23.0 Å². The van der Waals surface area contributed by atoms with E-state index < -0.39 is 0 Å². The molecule has 0 aromatic carbocycles. The Kier molecular flexibility index (Phi) is 3.62. The van der Waals surface area contributed by atoms with Crippen molar-refractivity contribution < 1.29 is 0 Å². The average molecular weight is 271 g/mol. The molecule has 3 heterocycles. The first-order chi connectivity index (χ1) is 9.40. The van der Waals surface area contributed by atoms with Gasteiger partial charge in [0.25, 0.3) is 0 Å². The van der Waals surface area contributed by atoms with Gasteiger partial charge in [-0.15, -0.1) is 0 Å². The molecule has 0 radical (unpaired) electrons. The molecular formula is C15H17N3S. The largest absolute Gasteiger partial charge is 0.306 e. The molecule has 0 aliphatic carbocycles. The highest BCUT2D eigenvalue weighted by Crippen LogP contribution is 2.27. The monoisotopic (exact) mass is 271 g/mol. The van der Waals surface area contributed by atoms with Gasteiger partial charge in [0.2, 0.25) is 0 Å². The third-order valence-corrected chi connectivity index (χ3v) is 3.94. The van der Waals surface area contributed by atoms with Crippen molar-refractivity contribution in [3.05, 3.63) is 58.5 Å². The van der Waals surface area contributed by atoms with Gasteiger partial charge in [-0.2, -0.15) is 16.4 Å². The zero-order chi connectivity index (χ0) is 13.1. The van der Waals surface area contributed by atoms with E-state index in [9.17, 15) is 0 Å². The number of nitrogens with one attached hydrogen (secondary N) is 1. The Morgan fingerprint density at radius 2 is 2.32 bits per heavy atom. The summed E-state index contributed by atoms with van der Waals surface area (Å²) in [5.74, 6) is 0. The molecule has 4 heteroatoms. The molecule has 0 bridgehead atoms. The minimum atomic E-state index is 0.228. The van der Waals surface area contributed by atoms with Crippen LogP contribution < -0.4 is 5.32 Å². The summed E-state index contributed by atoms with van der Waals surface area (Å²) in [6.07, 6.45) is 5.09. The molecule has 1 atom stereocenters. The van der Waals surface area contributed by atoms with E-state index in [0.29, 0.717) is 0 Å². The SMILES string of the molecule is CCCNC(c1ccsc1)c1cnn2ccccc12. The summed E-state index contributed by atoms with van der Waals surface area (Å²) in [5, 5.41) is 12.4. The molecule has 1 unspecified atom stereocenters. The molecule has 3 aromatic rings. The molecule has 0 aliphatic rings. The first-order valence-electron chi connectivity index (χ1n) is 6.58. The topological polar surface area (TPSA) is 29.3 Å². The maximum absolute atomic E-state index is 4.44. The number of rotatable bonds is 5. The standard InChI is InChI=1S/C15H17N3S/c1-2-7-16-15(12-6-9-19-11-12)13-10-17-18-8-4-3-5-14(13)18/h3-6,8-11,15-16H,2,7H2,1H3. The summed E-state index contributed by atoms with van der Waals surface area (Å²) in [4.78, 5) is 0. The van der Waals surface area contributed by atoms with E-state index in [-0.39, 0.29) is 6.04 Å². The second-order valence-electron chi connectivity index (χ2n) is 4.57. The highest BCUT2D eigenvalue weighted by molar-refractivity contribution is 7.08. The van der Waals surface area contributed by atoms with E-state index >= 15 is 0 Å². The lowest BCUT2D eigenvalue weighted by Crippen LogP contribution is -2.22. The lowest BCUT2D eigenvalue weighted by molar-refractivity contribution is 0.603. The predicted molar refractivity (Wildman–Crippen MR) is 79.6 cm³/mol. The summed E-state index contributed by atoms with van der Waals surface area (Å²) in [6.45, 7) is 3.19. The van der Waals surface area contributed by atoms with Crippen molar-refractivity contribution in [1.29, 1.82) is 0 Å². The van der Waals surface area contributed by atoms with Gasteiger partial charge in [0.05, 0.1) is 17.8 Å².